The zero-order valence-electron chi connectivity index (χ0n) is 10.6. The van der Waals surface area contributed by atoms with Gasteiger partial charge in [0.2, 0.25) is 5.95 Å². The highest BCUT2D eigenvalue weighted by Crippen LogP contribution is 2.31. The van der Waals surface area contributed by atoms with Gasteiger partial charge in [0, 0.05) is 25.2 Å². The number of hydrogen-bond donors (Lipinski definition) is 3. The number of fused-ring (bicyclic) bond motifs is 1. The van der Waals surface area contributed by atoms with Gasteiger partial charge in [-0.25, -0.2) is 4.98 Å². The van der Waals surface area contributed by atoms with E-state index in [0.29, 0.717) is 11.7 Å². The Morgan fingerprint density at radius 2 is 2.21 bits per heavy atom. The normalized spacial score (nSPS) is 24.1. The second-order valence-corrected chi connectivity index (χ2v) is 5.39. The number of rotatable bonds is 3. The summed E-state index contributed by atoms with van der Waals surface area (Å²) in [6.07, 6.45) is 5.49. The van der Waals surface area contributed by atoms with Gasteiger partial charge in [0.1, 0.15) is 5.52 Å². The van der Waals surface area contributed by atoms with Crippen LogP contribution in [0, 0.1) is 0 Å². The average molecular weight is 259 g/mol. The molecule has 1 aliphatic carbocycles. The van der Waals surface area contributed by atoms with Crippen LogP contribution in [-0.4, -0.2) is 50.0 Å². The van der Waals surface area contributed by atoms with E-state index in [4.69, 9.17) is 5.73 Å². The van der Waals surface area contributed by atoms with Crippen LogP contribution in [-0.2, 0) is 0 Å². The molecule has 7 heteroatoms. The molecule has 2 fully saturated rings. The number of aromatic amines is 1. The molecule has 1 unspecified atom stereocenters. The number of nitrogens with one attached hydrogen (secondary N) is 2. The van der Waals surface area contributed by atoms with E-state index in [-0.39, 0.29) is 5.95 Å². The first-order valence-corrected chi connectivity index (χ1v) is 6.77. The molecule has 1 saturated heterocycles. The van der Waals surface area contributed by atoms with Crippen LogP contribution < -0.4 is 11.1 Å². The van der Waals surface area contributed by atoms with Crippen molar-refractivity contribution in [1.29, 1.82) is 0 Å². The average Bonchev–Trinajstić information content (AvgIpc) is 2.95. The SMILES string of the molecule is Nc1nc(NC2CCN(C3CC3)C2)c2[nH]cnc2n1. The molecule has 2 aromatic rings. The van der Waals surface area contributed by atoms with Crippen molar-refractivity contribution in [2.24, 2.45) is 0 Å². The van der Waals surface area contributed by atoms with Crippen LogP contribution in [0.1, 0.15) is 19.3 Å². The summed E-state index contributed by atoms with van der Waals surface area (Å²) in [6, 6.07) is 1.26. The van der Waals surface area contributed by atoms with E-state index in [1.165, 1.54) is 19.4 Å². The number of anilines is 2. The summed E-state index contributed by atoms with van der Waals surface area (Å²) in [5.41, 5.74) is 7.17. The number of aromatic nitrogens is 4. The zero-order valence-corrected chi connectivity index (χ0v) is 10.6. The van der Waals surface area contributed by atoms with Crippen molar-refractivity contribution < 1.29 is 0 Å². The summed E-state index contributed by atoms with van der Waals surface area (Å²) >= 11 is 0. The first kappa shape index (κ1) is 11.0. The van der Waals surface area contributed by atoms with Crippen LogP contribution in [0.3, 0.4) is 0 Å². The second-order valence-electron chi connectivity index (χ2n) is 5.39. The van der Waals surface area contributed by atoms with Crippen molar-refractivity contribution in [3.05, 3.63) is 6.33 Å². The predicted molar refractivity (Wildman–Crippen MR) is 72.7 cm³/mol. The minimum atomic E-state index is 0.263. The molecule has 0 bridgehead atoms. The van der Waals surface area contributed by atoms with Crippen molar-refractivity contribution in [2.75, 3.05) is 24.1 Å². The summed E-state index contributed by atoms with van der Waals surface area (Å²) in [5.74, 6) is 1.03. The van der Waals surface area contributed by atoms with E-state index < -0.39 is 0 Å². The van der Waals surface area contributed by atoms with E-state index in [0.717, 1.165) is 30.3 Å². The number of hydrogen-bond acceptors (Lipinski definition) is 6. The fraction of sp³-hybridized carbons (Fsp3) is 0.583. The third kappa shape index (κ3) is 1.99. The molecule has 4 rings (SSSR count). The van der Waals surface area contributed by atoms with Gasteiger partial charge in [0.15, 0.2) is 11.5 Å². The van der Waals surface area contributed by atoms with Gasteiger partial charge < -0.3 is 16.0 Å². The molecule has 0 spiro atoms. The molecule has 1 atom stereocenters. The van der Waals surface area contributed by atoms with Crippen molar-refractivity contribution in [2.45, 2.75) is 31.3 Å². The Kier molecular flexibility index (Phi) is 2.34. The number of nitrogen functional groups attached to an aromatic ring is 1. The monoisotopic (exact) mass is 259 g/mol. The minimum Gasteiger partial charge on any atom is -0.368 e. The second kappa shape index (κ2) is 4.06. The maximum Gasteiger partial charge on any atom is 0.224 e. The molecule has 2 aromatic heterocycles. The van der Waals surface area contributed by atoms with E-state index in [9.17, 15) is 0 Å². The Labute approximate surface area is 110 Å². The Balaban J connectivity index is 1.56. The standard InChI is InChI=1S/C12H17N7/c13-12-17-10-9(14-6-15-10)11(18-12)16-7-3-4-19(5-7)8-1-2-8/h6-8H,1-5H2,(H4,13,14,15,16,17,18). The molecule has 1 saturated carbocycles. The largest absolute Gasteiger partial charge is 0.368 e. The van der Waals surface area contributed by atoms with Crippen LogP contribution in [0.4, 0.5) is 11.8 Å². The van der Waals surface area contributed by atoms with E-state index in [1.807, 2.05) is 0 Å². The Bertz CT molecular complexity index is 603. The number of nitrogens with two attached hydrogens (primary N) is 1. The van der Waals surface area contributed by atoms with E-state index in [2.05, 4.69) is 30.2 Å². The van der Waals surface area contributed by atoms with Gasteiger partial charge >= 0.3 is 0 Å². The van der Waals surface area contributed by atoms with E-state index in [1.54, 1.807) is 6.33 Å². The molecule has 7 nitrogen and oxygen atoms in total. The Morgan fingerprint density at radius 3 is 3.05 bits per heavy atom. The predicted octanol–water partition coefficient (Wildman–Crippen LogP) is 0.584. The number of imidazole rings is 1. The van der Waals surface area contributed by atoms with Gasteiger partial charge in [-0.3, -0.25) is 4.90 Å². The third-order valence-corrected chi connectivity index (χ3v) is 3.93. The first-order chi connectivity index (χ1) is 9.29. The molecule has 2 aliphatic rings. The summed E-state index contributed by atoms with van der Waals surface area (Å²) in [4.78, 5) is 18.1. The molecule has 0 aromatic carbocycles. The summed E-state index contributed by atoms with van der Waals surface area (Å²) in [7, 11) is 0. The zero-order chi connectivity index (χ0) is 12.8. The van der Waals surface area contributed by atoms with Gasteiger partial charge in [-0.05, 0) is 19.3 Å². The Hall–Kier alpha value is -1.89. The van der Waals surface area contributed by atoms with Crippen LogP contribution in [0.25, 0.3) is 11.2 Å². The highest BCUT2D eigenvalue weighted by Gasteiger charge is 2.34. The summed E-state index contributed by atoms with van der Waals surface area (Å²) < 4.78 is 0. The van der Waals surface area contributed by atoms with Crippen molar-refractivity contribution in [3.8, 4) is 0 Å². The molecule has 4 N–H and O–H groups in total. The lowest BCUT2D eigenvalue weighted by Crippen LogP contribution is -2.28. The van der Waals surface area contributed by atoms with Crippen LogP contribution in [0.15, 0.2) is 6.33 Å². The smallest absolute Gasteiger partial charge is 0.224 e. The fourth-order valence-corrected chi connectivity index (χ4v) is 2.82. The van der Waals surface area contributed by atoms with Gasteiger partial charge in [0.25, 0.3) is 0 Å². The van der Waals surface area contributed by atoms with Crippen LogP contribution >= 0.6 is 0 Å². The highest BCUT2D eigenvalue weighted by molar-refractivity contribution is 5.83. The highest BCUT2D eigenvalue weighted by atomic mass is 15.2. The minimum absolute atomic E-state index is 0.263. The molecule has 3 heterocycles. The molecule has 0 radical (unpaired) electrons. The van der Waals surface area contributed by atoms with Crippen LogP contribution in [0.2, 0.25) is 0 Å². The lowest BCUT2D eigenvalue weighted by atomic mass is 10.2. The van der Waals surface area contributed by atoms with E-state index >= 15 is 0 Å². The molecule has 1 aliphatic heterocycles. The van der Waals surface area contributed by atoms with Crippen molar-refractivity contribution in [3.63, 3.8) is 0 Å². The fourth-order valence-electron chi connectivity index (χ4n) is 2.82. The number of likely N-dealkylation sites (tertiary alicyclic amines) is 1. The van der Waals surface area contributed by atoms with Crippen molar-refractivity contribution >= 4 is 22.9 Å². The number of nitrogens with zero attached hydrogens (tertiary/aromatic N) is 4. The molecule has 0 amide bonds. The van der Waals surface area contributed by atoms with Gasteiger partial charge in [0.05, 0.1) is 6.33 Å². The molecule has 19 heavy (non-hydrogen) atoms. The van der Waals surface area contributed by atoms with Gasteiger partial charge in [-0.1, -0.05) is 0 Å². The molecule has 100 valence electrons. The van der Waals surface area contributed by atoms with Gasteiger partial charge in [-0.15, -0.1) is 0 Å². The lowest BCUT2D eigenvalue weighted by Gasteiger charge is -2.16. The van der Waals surface area contributed by atoms with Crippen LogP contribution in [0.5, 0.6) is 0 Å². The summed E-state index contributed by atoms with van der Waals surface area (Å²) in [5, 5.41) is 3.48. The lowest BCUT2D eigenvalue weighted by molar-refractivity contribution is 0.326. The topological polar surface area (TPSA) is 95.8 Å². The maximum atomic E-state index is 5.72. The maximum absolute atomic E-state index is 5.72. The summed E-state index contributed by atoms with van der Waals surface area (Å²) in [6.45, 7) is 2.26. The molecular formula is C12H17N7. The Morgan fingerprint density at radius 1 is 1.32 bits per heavy atom. The van der Waals surface area contributed by atoms with Crippen molar-refractivity contribution in [1.82, 2.24) is 24.8 Å². The number of H-pyrrole nitrogens is 1. The van der Waals surface area contributed by atoms with Gasteiger partial charge in [-0.2, -0.15) is 9.97 Å². The first-order valence-electron chi connectivity index (χ1n) is 6.77. The quantitative estimate of drug-likeness (QED) is 0.746. The third-order valence-electron chi connectivity index (χ3n) is 3.93. The molecular weight excluding hydrogens is 242 g/mol.